The zero-order chi connectivity index (χ0) is 8.32. The van der Waals surface area contributed by atoms with Crippen molar-refractivity contribution >= 4 is 5.91 Å². The molecule has 0 spiro atoms. The first-order chi connectivity index (χ1) is 5.12. The van der Waals surface area contributed by atoms with E-state index in [2.05, 4.69) is 5.32 Å². The van der Waals surface area contributed by atoms with Gasteiger partial charge in [-0.3, -0.25) is 4.79 Å². The van der Waals surface area contributed by atoms with Crippen molar-refractivity contribution in [2.24, 2.45) is 0 Å². The van der Waals surface area contributed by atoms with Crippen LogP contribution in [0.2, 0.25) is 0 Å². The molecule has 0 saturated carbocycles. The molecule has 64 valence electrons. The van der Waals surface area contributed by atoms with Crippen molar-refractivity contribution in [2.75, 3.05) is 19.8 Å². The highest BCUT2D eigenvalue weighted by Gasteiger charge is 2.31. The fourth-order valence-electron chi connectivity index (χ4n) is 1.02. The van der Waals surface area contributed by atoms with Gasteiger partial charge in [0.2, 0.25) is 5.91 Å². The molecule has 1 aliphatic heterocycles. The SMILES string of the molecule is CC(=O)NCC1(O)CCOC1. The van der Waals surface area contributed by atoms with Crippen molar-refractivity contribution in [1.82, 2.24) is 5.32 Å². The Hall–Kier alpha value is -0.610. The molecule has 0 aliphatic carbocycles. The second-order valence-electron chi connectivity index (χ2n) is 2.94. The van der Waals surface area contributed by atoms with E-state index >= 15 is 0 Å². The number of rotatable bonds is 2. The molecular formula is C7H13NO3. The molecule has 1 aliphatic rings. The minimum absolute atomic E-state index is 0.120. The van der Waals surface area contributed by atoms with Gasteiger partial charge in [0.05, 0.1) is 6.61 Å². The molecule has 2 N–H and O–H groups in total. The average molecular weight is 159 g/mol. The Morgan fingerprint density at radius 3 is 3.00 bits per heavy atom. The van der Waals surface area contributed by atoms with Crippen LogP contribution in [-0.4, -0.2) is 36.4 Å². The summed E-state index contributed by atoms with van der Waals surface area (Å²) in [5, 5.41) is 12.2. The molecule has 0 bridgehead atoms. The smallest absolute Gasteiger partial charge is 0.216 e. The van der Waals surface area contributed by atoms with Gasteiger partial charge in [-0.1, -0.05) is 0 Å². The first kappa shape index (κ1) is 8.49. The lowest BCUT2D eigenvalue weighted by Crippen LogP contribution is -2.42. The number of aliphatic hydroxyl groups is 1. The first-order valence-electron chi connectivity index (χ1n) is 3.67. The standard InChI is InChI=1S/C7H13NO3/c1-6(9)8-4-7(10)2-3-11-5-7/h10H,2-5H2,1H3,(H,8,9). The molecule has 1 fully saturated rings. The molecule has 0 radical (unpaired) electrons. The Labute approximate surface area is 65.5 Å². The number of nitrogens with one attached hydrogen (secondary N) is 1. The second-order valence-corrected chi connectivity index (χ2v) is 2.94. The van der Waals surface area contributed by atoms with E-state index in [0.717, 1.165) is 0 Å². The summed E-state index contributed by atoms with van der Waals surface area (Å²) in [5.74, 6) is -0.120. The number of hydrogen-bond donors (Lipinski definition) is 2. The molecule has 1 atom stereocenters. The number of carbonyl (C=O) groups is 1. The fraction of sp³-hybridized carbons (Fsp3) is 0.857. The van der Waals surface area contributed by atoms with Crippen LogP contribution in [0.25, 0.3) is 0 Å². The highest BCUT2D eigenvalue weighted by molar-refractivity contribution is 5.72. The van der Waals surface area contributed by atoms with E-state index in [1.165, 1.54) is 6.92 Å². The summed E-state index contributed by atoms with van der Waals surface area (Å²) in [6, 6.07) is 0. The summed E-state index contributed by atoms with van der Waals surface area (Å²) in [6.45, 7) is 2.63. The fourth-order valence-corrected chi connectivity index (χ4v) is 1.02. The van der Waals surface area contributed by atoms with Gasteiger partial charge in [-0.25, -0.2) is 0 Å². The third kappa shape index (κ3) is 2.48. The monoisotopic (exact) mass is 159 g/mol. The zero-order valence-corrected chi connectivity index (χ0v) is 6.59. The van der Waals surface area contributed by atoms with Gasteiger partial charge in [-0.05, 0) is 0 Å². The van der Waals surface area contributed by atoms with Crippen LogP contribution in [-0.2, 0) is 9.53 Å². The quantitative estimate of drug-likeness (QED) is 0.558. The summed E-state index contributed by atoms with van der Waals surface area (Å²) in [5.41, 5.74) is -0.828. The van der Waals surface area contributed by atoms with Gasteiger partial charge in [0.1, 0.15) is 5.60 Å². The lowest BCUT2D eigenvalue weighted by atomic mass is 10.0. The number of ether oxygens (including phenoxy) is 1. The summed E-state index contributed by atoms with van der Waals surface area (Å²) < 4.78 is 4.99. The Kier molecular flexibility index (Phi) is 2.46. The van der Waals surface area contributed by atoms with E-state index in [1.54, 1.807) is 0 Å². The van der Waals surface area contributed by atoms with E-state index in [1.807, 2.05) is 0 Å². The van der Waals surface area contributed by atoms with Crippen LogP contribution < -0.4 is 5.32 Å². The average Bonchev–Trinajstić information content (AvgIpc) is 2.33. The number of amides is 1. The normalized spacial score (nSPS) is 30.4. The lowest BCUT2D eigenvalue weighted by molar-refractivity contribution is -0.120. The molecule has 0 aromatic carbocycles. The Morgan fingerprint density at radius 2 is 2.55 bits per heavy atom. The molecule has 1 saturated heterocycles. The van der Waals surface area contributed by atoms with E-state index in [0.29, 0.717) is 26.2 Å². The summed E-state index contributed by atoms with van der Waals surface area (Å²) >= 11 is 0. The third-order valence-electron chi connectivity index (χ3n) is 1.75. The summed E-state index contributed by atoms with van der Waals surface area (Å²) in [4.78, 5) is 10.5. The van der Waals surface area contributed by atoms with Gasteiger partial charge in [0, 0.05) is 26.5 Å². The van der Waals surface area contributed by atoms with Crippen molar-refractivity contribution in [1.29, 1.82) is 0 Å². The molecule has 1 amide bonds. The maximum absolute atomic E-state index is 10.5. The van der Waals surface area contributed by atoms with Crippen molar-refractivity contribution < 1.29 is 14.6 Å². The number of hydrogen-bond acceptors (Lipinski definition) is 3. The van der Waals surface area contributed by atoms with Crippen LogP contribution in [0.15, 0.2) is 0 Å². The van der Waals surface area contributed by atoms with Crippen LogP contribution in [0.4, 0.5) is 0 Å². The van der Waals surface area contributed by atoms with Gasteiger partial charge >= 0.3 is 0 Å². The topological polar surface area (TPSA) is 58.6 Å². The number of carbonyl (C=O) groups excluding carboxylic acids is 1. The van der Waals surface area contributed by atoms with Crippen LogP contribution in [0.1, 0.15) is 13.3 Å². The molecule has 1 rings (SSSR count). The highest BCUT2D eigenvalue weighted by atomic mass is 16.5. The zero-order valence-electron chi connectivity index (χ0n) is 6.59. The van der Waals surface area contributed by atoms with Gasteiger partial charge < -0.3 is 15.2 Å². The van der Waals surface area contributed by atoms with Crippen molar-refractivity contribution in [3.8, 4) is 0 Å². The molecule has 1 unspecified atom stereocenters. The van der Waals surface area contributed by atoms with E-state index < -0.39 is 5.60 Å². The van der Waals surface area contributed by atoms with E-state index in [4.69, 9.17) is 4.74 Å². The lowest BCUT2D eigenvalue weighted by Gasteiger charge is -2.19. The Balaban J connectivity index is 2.28. The molecule has 11 heavy (non-hydrogen) atoms. The van der Waals surface area contributed by atoms with Gasteiger partial charge in [-0.2, -0.15) is 0 Å². The van der Waals surface area contributed by atoms with Crippen molar-refractivity contribution in [3.63, 3.8) is 0 Å². The Bertz CT molecular complexity index is 152. The largest absolute Gasteiger partial charge is 0.386 e. The summed E-state index contributed by atoms with van der Waals surface area (Å²) in [6.07, 6.45) is 0.604. The van der Waals surface area contributed by atoms with Crippen LogP contribution in [0.5, 0.6) is 0 Å². The molecule has 4 heteroatoms. The Morgan fingerprint density at radius 1 is 1.82 bits per heavy atom. The van der Waals surface area contributed by atoms with Crippen LogP contribution in [0.3, 0.4) is 0 Å². The van der Waals surface area contributed by atoms with Gasteiger partial charge in [0.25, 0.3) is 0 Å². The summed E-state index contributed by atoms with van der Waals surface area (Å²) in [7, 11) is 0. The predicted octanol–water partition coefficient (Wildman–Crippen LogP) is -0.726. The van der Waals surface area contributed by atoms with Gasteiger partial charge in [0.15, 0.2) is 0 Å². The minimum Gasteiger partial charge on any atom is -0.386 e. The maximum Gasteiger partial charge on any atom is 0.216 e. The first-order valence-corrected chi connectivity index (χ1v) is 3.67. The third-order valence-corrected chi connectivity index (χ3v) is 1.75. The highest BCUT2D eigenvalue weighted by Crippen LogP contribution is 2.16. The molecule has 0 aromatic heterocycles. The van der Waals surface area contributed by atoms with E-state index in [9.17, 15) is 9.90 Å². The minimum atomic E-state index is -0.828. The second kappa shape index (κ2) is 3.19. The molecule has 1 heterocycles. The maximum atomic E-state index is 10.5. The van der Waals surface area contributed by atoms with Gasteiger partial charge in [-0.15, -0.1) is 0 Å². The predicted molar refractivity (Wildman–Crippen MR) is 39.1 cm³/mol. The van der Waals surface area contributed by atoms with Crippen LogP contribution in [0, 0.1) is 0 Å². The molecule has 4 nitrogen and oxygen atoms in total. The van der Waals surface area contributed by atoms with Crippen molar-refractivity contribution in [2.45, 2.75) is 18.9 Å². The molecular weight excluding hydrogens is 146 g/mol. The van der Waals surface area contributed by atoms with Crippen molar-refractivity contribution in [3.05, 3.63) is 0 Å². The molecule has 0 aromatic rings. The van der Waals surface area contributed by atoms with Crippen LogP contribution >= 0.6 is 0 Å². The van der Waals surface area contributed by atoms with E-state index in [-0.39, 0.29) is 5.91 Å².